The van der Waals surface area contributed by atoms with Crippen molar-refractivity contribution < 1.29 is 26.4 Å². The number of rotatable bonds is 9. The molecule has 3 aromatic carbocycles. The van der Waals surface area contributed by atoms with Gasteiger partial charge in [0.05, 0.1) is 9.79 Å². The highest BCUT2D eigenvalue weighted by Gasteiger charge is 2.27. The molecular formula is C25H27BrN4O6S2. The molecule has 4 rings (SSSR count). The number of halogens is 1. The molecule has 10 nitrogen and oxygen atoms in total. The van der Waals surface area contributed by atoms with E-state index < -0.39 is 26.0 Å². The number of benzene rings is 3. The van der Waals surface area contributed by atoms with E-state index in [4.69, 9.17) is 4.74 Å². The minimum atomic E-state index is -3.79. The number of hydrogen-bond donors (Lipinski definition) is 2. The highest BCUT2D eigenvalue weighted by Crippen LogP contribution is 2.22. The molecule has 1 aliphatic heterocycles. The van der Waals surface area contributed by atoms with Gasteiger partial charge in [-0.05, 0) is 79.8 Å². The highest BCUT2D eigenvalue weighted by molar-refractivity contribution is 9.10. The number of piperazine rings is 1. The number of likely N-dealkylation sites (N-methyl/N-ethyl adjacent to an activating group) is 1. The van der Waals surface area contributed by atoms with Crippen LogP contribution in [0.2, 0.25) is 0 Å². The zero-order valence-corrected chi connectivity index (χ0v) is 23.7. The van der Waals surface area contributed by atoms with Gasteiger partial charge in [-0.2, -0.15) is 4.31 Å². The number of nitrogens with zero attached hydrogens (tertiary/aromatic N) is 2. The van der Waals surface area contributed by atoms with E-state index in [1.54, 1.807) is 24.3 Å². The van der Waals surface area contributed by atoms with Gasteiger partial charge in [0.25, 0.3) is 15.9 Å². The van der Waals surface area contributed by atoms with Crippen molar-refractivity contribution in [1.82, 2.24) is 9.21 Å². The average molecular weight is 624 g/mol. The maximum absolute atomic E-state index is 12.8. The van der Waals surface area contributed by atoms with Crippen LogP contribution in [0.5, 0.6) is 5.75 Å². The molecule has 1 heterocycles. The second-order valence-corrected chi connectivity index (χ2v) is 13.2. The predicted molar refractivity (Wildman–Crippen MR) is 148 cm³/mol. The van der Waals surface area contributed by atoms with E-state index in [-0.39, 0.29) is 16.4 Å². The largest absolute Gasteiger partial charge is 0.484 e. The summed E-state index contributed by atoms with van der Waals surface area (Å²) < 4.78 is 61.1. The lowest BCUT2D eigenvalue weighted by Crippen LogP contribution is -2.46. The number of hydrogen-bond acceptors (Lipinski definition) is 7. The molecule has 0 spiro atoms. The minimum Gasteiger partial charge on any atom is -0.484 e. The van der Waals surface area contributed by atoms with Crippen molar-refractivity contribution in [3.63, 3.8) is 0 Å². The summed E-state index contributed by atoms with van der Waals surface area (Å²) in [6.45, 7) is 1.90. The van der Waals surface area contributed by atoms with Crippen molar-refractivity contribution in [3.05, 3.63) is 77.3 Å². The molecule has 0 aromatic heterocycles. The first-order valence-electron chi connectivity index (χ1n) is 11.6. The van der Waals surface area contributed by atoms with Crippen LogP contribution in [0.3, 0.4) is 0 Å². The number of carbonyl (C=O) groups excluding carboxylic acids is 1. The molecule has 202 valence electrons. The molecule has 0 atom stereocenters. The number of nitrogens with one attached hydrogen (secondary N) is 2. The topological polar surface area (TPSA) is 125 Å². The Hall–Kier alpha value is -2.97. The summed E-state index contributed by atoms with van der Waals surface area (Å²) in [7, 11) is -5.42. The highest BCUT2D eigenvalue weighted by atomic mass is 79.9. The SMILES string of the molecule is CN1CCN(S(=O)(=O)c2ccc(NC(=O)COc3ccc(S(=O)(=O)Nc4ccc(Br)cc4)cc3)cc2)CC1. The maximum Gasteiger partial charge on any atom is 0.262 e. The summed E-state index contributed by atoms with van der Waals surface area (Å²) in [6, 6.07) is 18.4. The molecule has 0 unspecified atom stereocenters. The summed E-state index contributed by atoms with van der Waals surface area (Å²) in [4.78, 5) is 14.6. The molecular weight excluding hydrogens is 596 g/mol. The van der Waals surface area contributed by atoms with Crippen LogP contribution in [-0.4, -0.2) is 71.8 Å². The minimum absolute atomic E-state index is 0.0452. The van der Waals surface area contributed by atoms with Crippen LogP contribution in [0, 0.1) is 0 Å². The Bertz CT molecular complexity index is 1470. The molecule has 0 radical (unpaired) electrons. The third-order valence-electron chi connectivity index (χ3n) is 5.84. The van der Waals surface area contributed by atoms with Gasteiger partial charge in [0, 0.05) is 42.0 Å². The van der Waals surface area contributed by atoms with Crippen LogP contribution in [0.4, 0.5) is 11.4 Å². The molecule has 38 heavy (non-hydrogen) atoms. The second-order valence-electron chi connectivity index (χ2n) is 8.65. The number of sulfonamides is 2. The second kappa shape index (κ2) is 11.8. The maximum atomic E-state index is 12.8. The van der Waals surface area contributed by atoms with Gasteiger partial charge in [-0.15, -0.1) is 0 Å². The van der Waals surface area contributed by atoms with Crippen LogP contribution in [0.15, 0.2) is 87.1 Å². The van der Waals surface area contributed by atoms with Crippen LogP contribution in [0.25, 0.3) is 0 Å². The van der Waals surface area contributed by atoms with Gasteiger partial charge in [-0.1, -0.05) is 15.9 Å². The van der Waals surface area contributed by atoms with Crippen LogP contribution in [-0.2, 0) is 24.8 Å². The lowest BCUT2D eigenvalue weighted by atomic mass is 10.3. The summed E-state index contributed by atoms with van der Waals surface area (Å²) in [5.74, 6) is -0.135. The molecule has 0 aliphatic carbocycles. The summed E-state index contributed by atoms with van der Waals surface area (Å²) >= 11 is 3.30. The van der Waals surface area contributed by atoms with Crippen molar-refractivity contribution >= 4 is 53.3 Å². The average Bonchev–Trinajstić information content (AvgIpc) is 2.89. The standard InChI is InChI=1S/C25H27BrN4O6S2/c1-29-14-16-30(17-15-29)38(34,35)24-10-6-20(7-11-24)27-25(31)18-36-22-8-12-23(13-9-22)37(32,33)28-21-4-2-19(26)3-5-21/h2-13,28H,14-18H2,1H3,(H,27,31). The van der Waals surface area contributed by atoms with Crippen molar-refractivity contribution in [2.45, 2.75) is 9.79 Å². The van der Waals surface area contributed by atoms with Crippen LogP contribution in [0.1, 0.15) is 0 Å². The van der Waals surface area contributed by atoms with E-state index in [0.29, 0.717) is 43.3 Å². The number of amides is 1. The Labute approximate surface area is 230 Å². The van der Waals surface area contributed by atoms with Crippen LogP contribution >= 0.6 is 15.9 Å². The van der Waals surface area contributed by atoms with Gasteiger partial charge < -0.3 is 15.0 Å². The molecule has 0 bridgehead atoms. The van der Waals surface area contributed by atoms with Gasteiger partial charge in [0.2, 0.25) is 10.0 Å². The molecule has 3 aromatic rings. The lowest BCUT2D eigenvalue weighted by Gasteiger charge is -2.31. The number of carbonyl (C=O) groups is 1. The van der Waals surface area contributed by atoms with E-state index in [1.807, 2.05) is 7.05 Å². The first kappa shape index (κ1) is 28.0. The first-order chi connectivity index (χ1) is 18.0. The predicted octanol–water partition coefficient (Wildman–Crippen LogP) is 3.20. The van der Waals surface area contributed by atoms with Crippen molar-refractivity contribution in [2.75, 3.05) is 49.9 Å². The Morgan fingerprint density at radius 3 is 1.97 bits per heavy atom. The molecule has 13 heteroatoms. The Morgan fingerprint density at radius 2 is 1.37 bits per heavy atom. The van der Waals surface area contributed by atoms with Crippen LogP contribution < -0.4 is 14.8 Å². The van der Waals surface area contributed by atoms with E-state index in [1.165, 1.54) is 52.8 Å². The number of ether oxygens (including phenoxy) is 1. The molecule has 1 fully saturated rings. The van der Waals surface area contributed by atoms with Crippen molar-refractivity contribution in [1.29, 1.82) is 0 Å². The Balaban J connectivity index is 1.29. The molecule has 2 N–H and O–H groups in total. The summed E-state index contributed by atoms with van der Waals surface area (Å²) in [5, 5.41) is 2.65. The monoisotopic (exact) mass is 622 g/mol. The zero-order valence-electron chi connectivity index (χ0n) is 20.5. The molecule has 1 amide bonds. The van der Waals surface area contributed by atoms with Gasteiger partial charge in [-0.3, -0.25) is 9.52 Å². The fourth-order valence-corrected chi connectivity index (χ4v) is 6.43. The van der Waals surface area contributed by atoms with Crippen molar-refractivity contribution in [2.24, 2.45) is 0 Å². The molecule has 1 aliphatic rings. The third kappa shape index (κ3) is 7.11. The van der Waals surface area contributed by atoms with E-state index in [9.17, 15) is 21.6 Å². The fourth-order valence-electron chi connectivity index (χ4n) is 3.68. The van der Waals surface area contributed by atoms with Gasteiger partial charge in [-0.25, -0.2) is 16.8 Å². The fraction of sp³-hybridized carbons (Fsp3) is 0.240. The Kier molecular flexibility index (Phi) is 8.73. The summed E-state index contributed by atoms with van der Waals surface area (Å²) in [5.41, 5.74) is 0.853. The molecule has 0 saturated carbocycles. The van der Waals surface area contributed by atoms with Gasteiger partial charge in [0.1, 0.15) is 5.75 Å². The summed E-state index contributed by atoms with van der Waals surface area (Å²) in [6.07, 6.45) is 0. The van der Waals surface area contributed by atoms with E-state index in [0.717, 1.165) is 4.47 Å². The molecule has 1 saturated heterocycles. The Morgan fingerprint density at radius 1 is 0.816 bits per heavy atom. The normalized spacial score (nSPS) is 15.1. The lowest BCUT2D eigenvalue weighted by molar-refractivity contribution is -0.118. The first-order valence-corrected chi connectivity index (χ1v) is 15.3. The zero-order chi connectivity index (χ0) is 27.3. The van der Waals surface area contributed by atoms with Gasteiger partial charge >= 0.3 is 0 Å². The third-order valence-corrected chi connectivity index (χ3v) is 9.68. The van der Waals surface area contributed by atoms with E-state index in [2.05, 4.69) is 30.9 Å². The smallest absolute Gasteiger partial charge is 0.262 e. The van der Waals surface area contributed by atoms with Gasteiger partial charge in [0.15, 0.2) is 6.61 Å². The van der Waals surface area contributed by atoms with E-state index >= 15 is 0 Å². The quantitative estimate of drug-likeness (QED) is 0.375. The number of anilines is 2. The van der Waals surface area contributed by atoms with Crippen molar-refractivity contribution in [3.8, 4) is 5.75 Å².